The Labute approximate surface area is 198 Å². The number of anilines is 1. The number of esters is 1. The van der Waals surface area contributed by atoms with Gasteiger partial charge in [0.25, 0.3) is 5.91 Å². The van der Waals surface area contributed by atoms with Crippen LogP contribution in [-0.4, -0.2) is 53.2 Å². The van der Waals surface area contributed by atoms with Gasteiger partial charge in [0.05, 0.1) is 35.6 Å². The van der Waals surface area contributed by atoms with Gasteiger partial charge < -0.3 is 24.1 Å². The van der Waals surface area contributed by atoms with E-state index in [1.54, 1.807) is 17.4 Å². The van der Waals surface area contributed by atoms with Crippen LogP contribution in [0.3, 0.4) is 0 Å². The summed E-state index contributed by atoms with van der Waals surface area (Å²) in [7, 11) is 2.93. The third-order valence-electron chi connectivity index (χ3n) is 4.21. The largest absolute Gasteiger partial charge is 0.495 e. The van der Waals surface area contributed by atoms with Crippen LogP contribution in [0.5, 0.6) is 11.5 Å². The third kappa shape index (κ3) is 5.72. The van der Waals surface area contributed by atoms with E-state index in [1.165, 1.54) is 32.0 Å². The minimum absolute atomic E-state index is 0.00641. The van der Waals surface area contributed by atoms with Crippen molar-refractivity contribution in [1.82, 2.24) is 14.8 Å². The Morgan fingerprint density at radius 1 is 1.22 bits per heavy atom. The van der Waals surface area contributed by atoms with Gasteiger partial charge in [-0.05, 0) is 24.4 Å². The number of nitrogens with zero attached hydrogens (tertiary/aromatic N) is 3. The lowest BCUT2D eigenvalue weighted by atomic mass is 10.2. The SMILES string of the molecule is CCn1c(SCC(=O)OCC(=O)Nc2cc(Cl)c(OC)cc2OC)nnc1-c1cccs1. The minimum Gasteiger partial charge on any atom is -0.495 e. The first-order valence-corrected chi connectivity index (χ1v) is 11.7. The summed E-state index contributed by atoms with van der Waals surface area (Å²) in [4.78, 5) is 25.3. The van der Waals surface area contributed by atoms with Crippen molar-refractivity contribution in [1.29, 1.82) is 0 Å². The van der Waals surface area contributed by atoms with Crippen molar-refractivity contribution in [2.45, 2.75) is 18.6 Å². The highest BCUT2D eigenvalue weighted by Gasteiger charge is 2.17. The lowest BCUT2D eigenvalue weighted by Gasteiger charge is -2.13. The first-order valence-electron chi connectivity index (χ1n) is 9.43. The van der Waals surface area contributed by atoms with E-state index < -0.39 is 18.5 Å². The second-order valence-electron chi connectivity index (χ2n) is 6.21. The highest BCUT2D eigenvalue weighted by molar-refractivity contribution is 7.99. The monoisotopic (exact) mass is 496 g/mol. The fourth-order valence-corrected chi connectivity index (χ4v) is 4.48. The normalized spacial score (nSPS) is 10.6. The van der Waals surface area contributed by atoms with E-state index in [1.807, 2.05) is 29.0 Å². The Hall–Kier alpha value is -2.76. The molecule has 0 atom stereocenters. The Kier molecular flexibility index (Phi) is 8.37. The Morgan fingerprint density at radius 2 is 2.00 bits per heavy atom. The van der Waals surface area contributed by atoms with Gasteiger partial charge in [-0.25, -0.2) is 0 Å². The molecule has 0 unspecified atom stereocenters. The Bertz CT molecular complexity index is 1090. The van der Waals surface area contributed by atoms with E-state index in [-0.39, 0.29) is 5.75 Å². The van der Waals surface area contributed by atoms with E-state index in [4.69, 9.17) is 25.8 Å². The first-order chi connectivity index (χ1) is 15.5. The van der Waals surface area contributed by atoms with Crippen LogP contribution in [-0.2, 0) is 20.9 Å². The Morgan fingerprint density at radius 3 is 2.66 bits per heavy atom. The molecule has 12 heteroatoms. The van der Waals surface area contributed by atoms with Crippen LogP contribution in [0, 0.1) is 0 Å². The quantitative estimate of drug-likeness (QED) is 0.332. The van der Waals surface area contributed by atoms with Gasteiger partial charge in [0.2, 0.25) is 0 Å². The van der Waals surface area contributed by atoms with Gasteiger partial charge in [-0.3, -0.25) is 9.59 Å². The maximum Gasteiger partial charge on any atom is 0.316 e. The molecule has 0 radical (unpaired) electrons. The molecule has 0 saturated heterocycles. The zero-order valence-electron chi connectivity index (χ0n) is 17.6. The lowest BCUT2D eigenvalue weighted by Crippen LogP contribution is -2.22. The van der Waals surface area contributed by atoms with Gasteiger partial charge in [-0.2, -0.15) is 0 Å². The van der Waals surface area contributed by atoms with Gasteiger partial charge in [0, 0.05) is 12.6 Å². The van der Waals surface area contributed by atoms with E-state index in [0.717, 1.165) is 10.7 Å². The number of ether oxygens (including phenoxy) is 3. The fraction of sp³-hybridized carbons (Fsp3) is 0.300. The summed E-state index contributed by atoms with van der Waals surface area (Å²) in [6, 6.07) is 6.96. The van der Waals surface area contributed by atoms with Crippen molar-refractivity contribution < 1.29 is 23.8 Å². The number of hydrogen-bond acceptors (Lipinski definition) is 9. The van der Waals surface area contributed by atoms with Crippen LogP contribution in [0.15, 0.2) is 34.8 Å². The van der Waals surface area contributed by atoms with Crippen molar-refractivity contribution in [3.05, 3.63) is 34.7 Å². The summed E-state index contributed by atoms with van der Waals surface area (Å²) >= 11 is 8.87. The van der Waals surface area contributed by atoms with E-state index in [9.17, 15) is 9.59 Å². The van der Waals surface area contributed by atoms with Crippen molar-refractivity contribution in [3.8, 4) is 22.2 Å². The number of thiophene rings is 1. The predicted octanol–water partition coefficient (Wildman–Crippen LogP) is 3.97. The summed E-state index contributed by atoms with van der Waals surface area (Å²) in [6.07, 6.45) is 0. The summed E-state index contributed by atoms with van der Waals surface area (Å²) in [5.41, 5.74) is 0.339. The topological polar surface area (TPSA) is 105 Å². The smallest absolute Gasteiger partial charge is 0.316 e. The zero-order valence-corrected chi connectivity index (χ0v) is 20.0. The van der Waals surface area contributed by atoms with Crippen LogP contribution in [0.2, 0.25) is 5.02 Å². The van der Waals surface area contributed by atoms with Crippen molar-refractivity contribution in [3.63, 3.8) is 0 Å². The molecule has 3 aromatic rings. The lowest BCUT2D eigenvalue weighted by molar-refractivity contribution is -0.144. The number of methoxy groups -OCH3 is 2. The molecule has 0 aliphatic heterocycles. The number of halogens is 1. The molecule has 0 aliphatic rings. The average molecular weight is 497 g/mol. The molecule has 0 bridgehead atoms. The van der Waals surface area contributed by atoms with Crippen molar-refractivity contribution >= 4 is 52.3 Å². The Balaban J connectivity index is 1.53. The number of hydrogen-bond donors (Lipinski definition) is 1. The summed E-state index contributed by atoms with van der Waals surface area (Å²) in [5, 5.41) is 13.9. The summed E-state index contributed by atoms with van der Waals surface area (Å²) in [6.45, 7) is 2.19. The van der Waals surface area contributed by atoms with Crippen LogP contribution in [0.25, 0.3) is 10.7 Å². The molecule has 32 heavy (non-hydrogen) atoms. The molecule has 0 aliphatic carbocycles. The molecule has 0 saturated carbocycles. The number of aromatic nitrogens is 3. The maximum absolute atomic E-state index is 12.2. The molecule has 0 fully saturated rings. The summed E-state index contributed by atoms with van der Waals surface area (Å²) < 4.78 is 17.4. The number of carbonyl (C=O) groups is 2. The predicted molar refractivity (Wildman–Crippen MR) is 124 cm³/mol. The molecule has 170 valence electrons. The molecule has 3 rings (SSSR count). The fourth-order valence-electron chi connectivity index (χ4n) is 2.72. The zero-order chi connectivity index (χ0) is 23.1. The van der Waals surface area contributed by atoms with Crippen LogP contribution >= 0.6 is 34.7 Å². The first kappa shape index (κ1) is 23.9. The molecule has 0 spiro atoms. The van der Waals surface area contributed by atoms with Gasteiger partial charge >= 0.3 is 5.97 Å². The van der Waals surface area contributed by atoms with Crippen LogP contribution in [0.4, 0.5) is 5.69 Å². The summed E-state index contributed by atoms with van der Waals surface area (Å²) in [5.74, 6) is 0.444. The molecular formula is C20H21ClN4O5S2. The van der Waals surface area contributed by atoms with E-state index in [0.29, 0.717) is 33.9 Å². The van der Waals surface area contributed by atoms with Crippen LogP contribution < -0.4 is 14.8 Å². The molecule has 2 aromatic heterocycles. The molecule has 1 N–H and O–H groups in total. The van der Waals surface area contributed by atoms with Crippen molar-refractivity contribution in [2.75, 3.05) is 31.9 Å². The van der Waals surface area contributed by atoms with Crippen LogP contribution in [0.1, 0.15) is 6.92 Å². The molecule has 1 amide bonds. The molecular weight excluding hydrogens is 476 g/mol. The standard InChI is InChI=1S/C20H21ClN4O5S2/c1-4-25-19(16-6-5-7-31-16)23-24-20(25)32-11-18(27)30-10-17(26)22-13-8-12(21)14(28-2)9-15(13)29-3/h5-9H,4,10-11H2,1-3H3,(H,22,26). The number of amides is 1. The van der Waals surface area contributed by atoms with Gasteiger partial charge in [-0.1, -0.05) is 29.4 Å². The third-order valence-corrected chi connectivity index (χ3v) is 6.31. The molecule has 1 aromatic carbocycles. The number of carbonyl (C=O) groups excluding carboxylic acids is 2. The van der Waals surface area contributed by atoms with Gasteiger partial charge in [-0.15, -0.1) is 21.5 Å². The van der Waals surface area contributed by atoms with Gasteiger partial charge in [0.1, 0.15) is 11.5 Å². The number of benzene rings is 1. The second-order valence-corrected chi connectivity index (χ2v) is 8.51. The second kappa shape index (κ2) is 11.2. The van der Waals surface area contributed by atoms with E-state index in [2.05, 4.69) is 15.5 Å². The molecule has 2 heterocycles. The number of thioether (sulfide) groups is 1. The van der Waals surface area contributed by atoms with Crippen molar-refractivity contribution in [2.24, 2.45) is 0 Å². The average Bonchev–Trinajstić information content (AvgIpc) is 3.45. The number of rotatable bonds is 10. The maximum atomic E-state index is 12.2. The van der Waals surface area contributed by atoms with Gasteiger partial charge in [0.15, 0.2) is 17.6 Å². The number of nitrogens with one attached hydrogen (secondary N) is 1. The minimum atomic E-state index is -0.548. The highest BCUT2D eigenvalue weighted by atomic mass is 35.5. The van der Waals surface area contributed by atoms with E-state index >= 15 is 0 Å². The highest BCUT2D eigenvalue weighted by Crippen LogP contribution is 2.35. The molecule has 9 nitrogen and oxygen atoms in total.